The third kappa shape index (κ3) is 2.34. The maximum atomic E-state index is 4.36. The van der Waals surface area contributed by atoms with Gasteiger partial charge in [-0.25, -0.2) is 0 Å². The molecule has 4 rings (SSSR count). The van der Waals surface area contributed by atoms with Crippen molar-refractivity contribution in [1.29, 1.82) is 0 Å². The van der Waals surface area contributed by atoms with Gasteiger partial charge in [-0.15, -0.1) is 5.10 Å². The second-order valence-corrected chi connectivity index (χ2v) is 5.82. The molecule has 0 unspecified atom stereocenters. The van der Waals surface area contributed by atoms with Crippen LogP contribution in [0.15, 0.2) is 48.8 Å². The Balaban J connectivity index is 1.67. The summed E-state index contributed by atoms with van der Waals surface area (Å²) in [4.78, 5) is 0. The maximum absolute atomic E-state index is 4.36. The van der Waals surface area contributed by atoms with Crippen LogP contribution in [0, 0.1) is 6.92 Å². The van der Waals surface area contributed by atoms with Crippen LogP contribution in [0.25, 0.3) is 16.4 Å². The number of fused-ring (bicyclic) bond motifs is 3. The van der Waals surface area contributed by atoms with Crippen LogP contribution >= 0.6 is 0 Å². The minimum absolute atomic E-state index is 0.830. The van der Waals surface area contributed by atoms with E-state index in [1.807, 2.05) is 19.1 Å². The number of pyridine rings is 1. The Morgan fingerprint density at radius 2 is 2.00 bits per heavy atom. The number of aromatic nitrogens is 4. The summed E-state index contributed by atoms with van der Waals surface area (Å²) in [6, 6.07) is 12.6. The summed E-state index contributed by atoms with van der Waals surface area (Å²) in [6.45, 7) is 2.83. The molecule has 0 bridgehead atoms. The van der Waals surface area contributed by atoms with E-state index in [1.165, 1.54) is 5.69 Å². The molecular weight excluding hydrogens is 286 g/mol. The first-order valence-electron chi connectivity index (χ1n) is 7.81. The molecule has 4 aromatic rings. The van der Waals surface area contributed by atoms with Gasteiger partial charge in [-0.2, -0.15) is 5.10 Å². The number of hydrogen-bond acceptors (Lipinski definition) is 3. The standard InChI is InChI=1S/C18H19N5/c1-13-17-16(12-15-6-3-4-11-23(15)17)18(21-20-13)19-9-8-14-7-5-10-22(14)2/h3-7,10-12H,8-9H2,1-2H3,(H,19,21). The molecule has 4 aromatic heterocycles. The highest BCUT2D eigenvalue weighted by atomic mass is 15.2. The van der Waals surface area contributed by atoms with Crippen LogP contribution < -0.4 is 5.32 Å². The molecule has 0 atom stereocenters. The molecule has 0 saturated heterocycles. The topological polar surface area (TPSA) is 47.2 Å². The van der Waals surface area contributed by atoms with Crippen LogP contribution in [-0.2, 0) is 13.5 Å². The Morgan fingerprint density at radius 3 is 2.83 bits per heavy atom. The highest BCUT2D eigenvalue weighted by Crippen LogP contribution is 2.26. The molecule has 1 N–H and O–H groups in total. The minimum atomic E-state index is 0.830. The van der Waals surface area contributed by atoms with E-state index in [9.17, 15) is 0 Å². The fourth-order valence-corrected chi connectivity index (χ4v) is 3.10. The number of aryl methyl sites for hydroxylation is 2. The van der Waals surface area contributed by atoms with Crippen molar-refractivity contribution in [1.82, 2.24) is 19.2 Å². The number of nitrogens with one attached hydrogen (secondary N) is 1. The van der Waals surface area contributed by atoms with Gasteiger partial charge in [-0.3, -0.25) is 0 Å². The van der Waals surface area contributed by atoms with E-state index in [0.717, 1.165) is 40.9 Å². The zero-order valence-corrected chi connectivity index (χ0v) is 13.3. The van der Waals surface area contributed by atoms with Crippen molar-refractivity contribution >= 4 is 22.2 Å². The largest absolute Gasteiger partial charge is 0.368 e. The van der Waals surface area contributed by atoms with Gasteiger partial charge in [0, 0.05) is 49.0 Å². The van der Waals surface area contributed by atoms with E-state index in [4.69, 9.17) is 0 Å². The molecule has 5 nitrogen and oxygen atoms in total. The lowest BCUT2D eigenvalue weighted by atomic mass is 10.2. The first-order valence-corrected chi connectivity index (χ1v) is 7.81. The van der Waals surface area contributed by atoms with Crippen molar-refractivity contribution in [3.8, 4) is 0 Å². The Bertz CT molecular complexity index is 980. The lowest BCUT2D eigenvalue weighted by Crippen LogP contribution is -2.09. The molecule has 5 heteroatoms. The summed E-state index contributed by atoms with van der Waals surface area (Å²) in [5.41, 5.74) is 4.53. The smallest absolute Gasteiger partial charge is 0.158 e. The summed E-state index contributed by atoms with van der Waals surface area (Å²) in [5.74, 6) is 0.850. The molecule has 0 radical (unpaired) electrons. The molecular formula is C18H19N5. The first-order chi connectivity index (χ1) is 11.2. The Hall–Kier alpha value is -2.82. The summed E-state index contributed by atoms with van der Waals surface area (Å²) in [7, 11) is 2.07. The maximum Gasteiger partial charge on any atom is 0.158 e. The molecule has 0 aliphatic carbocycles. The first kappa shape index (κ1) is 13.8. The van der Waals surface area contributed by atoms with Crippen LogP contribution in [0.2, 0.25) is 0 Å². The highest BCUT2D eigenvalue weighted by Gasteiger charge is 2.11. The van der Waals surface area contributed by atoms with Gasteiger partial charge in [0.15, 0.2) is 5.82 Å². The van der Waals surface area contributed by atoms with E-state index < -0.39 is 0 Å². The quantitative estimate of drug-likeness (QED) is 0.630. The second kappa shape index (κ2) is 5.43. The van der Waals surface area contributed by atoms with Gasteiger partial charge < -0.3 is 14.3 Å². The molecule has 0 aliphatic heterocycles. The van der Waals surface area contributed by atoms with Crippen molar-refractivity contribution in [2.24, 2.45) is 7.05 Å². The summed E-state index contributed by atoms with van der Waals surface area (Å²) in [5, 5.41) is 13.2. The normalized spacial score (nSPS) is 11.4. The van der Waals surface area contributed by atoms with Crippen LogP contribution in [0.1, 0.15) is 11.4 Å². The van der Waals surface area contributed by atoms with E-state index in [2.05, 4.69) is 68.2 Å². The Morgan fingerprint density at radius 1 is 1.09 bits per heavy atom. The van der Waals surface area contributed by atoms with Gasteiger partial charge >= 0.3 is 0 Å². The predicted octanol–water partition coefficient (Wildman–Crippen LogP) is 3.18. The number of anilines is 1. The monoisotopic (exact) mass is 305 g/mol. The van der Waals surface area contributed by atoms with E-state index in [1.54, 1.807) is 0 Å². The molecule has 0 aromatic carbocycles. The molecule has 4 heterocycles. The lowest BCUT2D eigenvalue weighted by molar-refractivity contribution is 0.817. The van der Waals surface area contributed by atoms with Crippen LogP contribution in [-0.4, -0.2) is 25.7 Å². The Labute approximate surface area is 134 Å². The van der Waals surface area contributed by atoms with Gasteiger partial charge in [-0.1, -0.05) is 6.07 Å². The average Bonchev–Trinajstić information content (AvgIpc) is 3.14. The van der Waals surface area contributed by atoms with E-state index in [0.29, 0.717) is 0 Å². The zero-order valence-electron chi connectivity index (χ0n) is 13.3. The molecule has 0 amide bonds. The third-order valence-electron chi connectivity index (χ3n) is 4.30. The van der Waals surface area contributed by atoms with Gasteiger partial charge in [-0.05, 0) is 37.3 Å². The zero-order chi connectivity index (χ0) is 15.8. The van der Waals surface area contributed by atoms with Crippen molar-refractivity contribution in [3.05, 3.63) is 60.2 Å². The SMILES string of the molecule is Cc1nnc(NCCc2cccn2C)c2cc3ccccn3c12. The fourth-order valence-electron chi connectivity index (χ4n) is 3.10. The third-order valence-corrected chi connectivity index (χ3v) is 4.30. The summed E-state index contributed by atoms with van der Waals surface area (Å²) in [6.07, 6.45) is 5.09. The van der Waals surface area contributed by atoms with Crippen molar-refractivity contribution in [2.75, 3.05) is 11.9 Å². The fraction of sp³-hybridized carbons (Fsp3) is 0.222. The average molecular weight is 305 g/mol. The summed E-state index contributed by atoms with van der Waals surface area (Å²) < 4.78 is 4.31. The number of hydrogen-bond donors (Lipinski definition) is 1. The minimum Gasteiger partial charge on any atom is -0.368 e. The van der Waals surface area contributed by atoms with Gasteiger partial charge in [0.25, 0.3) is 0 Å². The second-order valence-electron chi connectivity index (χ2n) is 5.82. The molecule has 23 heavy (non-hydrogen) atoms. The number of nitrogens with zero attached hydrogens (tertiary/aromatic N) is 4. The molecule has 0 fully saturated rings. The molecule has 116 valence electrons. The number of rotatable bonds is 4. The van der Waals surface area contributed by atoms with E-state index in [-0.39, 0.29) is 0 Å². The van der Waals surface area contributed by atoms with Crippen LogP contribution in [0.3, 0.4) is 0 Å². The predicted molar refractivity (Wildman–Crippen MR) is 92.8 cm³/mol. The van der Waals surface area contributed by atoms with Gasteiger partial charge in [0.05, 0.1) is 11.2 Å². The molecule has 0 saturated carbocycles. The van der Waals surface area contributed by atoms with Crippen LogP contribution in [0.5, 0.6) is 0 Å². The summed E-state index contributed by atoms with van der Waals surface area (Å²) >= 11 is 0. The molecule has 0 aliphatic rings. The van der Waals surface area contributed by atoms with E-state index >= 15 is 0 Å². The van der Waals surface area contributed by atoms with Gasteiger partial charge in [0.2, 0.25) is 0 Å². The van der Waals surface area contributed by atoms with Crippen molar-refractivity contribution in [2.45, 2.75) is 13.3 Å². The lowest BCUT2D eigenvalue weighted by Gasteiger charge is -2.08. The van der Waals surface area contributed by atoms with Gasteiger partial charge in [0.1, 0.15) is 0 Å². The highest BCUT2D eigenvalue weighted by molar-refractivity contribution is 5.96. The van der Waals surface area contributed by atoms with Crippen LogP contribution in [0.4, 0.5) is 5.82 Å². The van der Waals surface area contributed by atoms with Crippen molar-refractivity contribution in [3.63, 3.8) is 0 Å². The van der Waals surface area contributed by atoms with Crippen molar-refractivity contribution < 1.29 is 0 Å². The Kier molecular flexibility index (Phi) is 3.26. The molecule has 0 spiro atoms.